The van der Waals surface area contributed by atoms with Gasteiger partial charge < -0.3 is 4.42 Å². The lowest BCUT2D eigenvalue weighted by molar-refractivity contribution is 0.181. The third-order valence-electron chi connectivity index (χ3n) is 4.47. The largest absolute Gasteiger partial charge is 0.463 e. The van der Waals surface area contributed by atoms with Crippen LogP contribution in [0.15, 0.2) is 57.4 Å². The van der Waals surface area contributed by atoms with E-state index in [1.807, 2.05) is 17.5 Å². The van der Waals surface area contributed by atoms with Crippen LogP contribution >= 0.6 is 11.3 Å². The summed E-state index contributed by atoms with van der Waals surface area (Å²) in [5.41, 5.74) is 0.817. The minimum atomic E-state index is -3.59. The fourth-order valence-electron chi connectivity index (χ4n) is 3.00. The van der Waals surface area contributed by atoms with Crippen LogP contribution < -0.4 is 0 Å². The Bertz CT molecular complexity index is 993. The zero-order chi connectivity index (χ0) is 18.9. The van der Waals surface area contributed by atoms with Crippen LogP contribution in [0.2, 0.25) is 0 Å². The minimum absolute atomic E-state index is 0.125. The second-order valence-corrected chi connectivity index (χ2v) is 9.12. The molecule has 9 heteroatoms. The van der Waals surface area contributed by atoms with Gasteiger partial charge in [0.25, 0.3) is 0 Å². The molecule has 0 unspecified atom stereocenters. The second-order valence-electron chi connectivity index (χ2n) is 6.24. The molecule has 0 bridgehead atoms. The Morgan fingerprint density at radius 2 is 1.85 bits per heavy atom. The van der Waals surface area contributed by atoms with Gasteiger partial charge in [0.2, 0.25) is 10.0 Å². The first-order chi connectivity index (χ1) is 13.0. The number of hydrogen-bond acceptors (Lipinski definition) is 6. The van der Waals surface area contributed by atoms with Crippen molar-refractivity contribution < 1.29 is 17.2 Å². The second kappa shape index (κ2) is 7.51. The van der Waals surface area contributed by atoms with Crippen molar-refractivity contribution in [2.75, 3.05) is 26.2 Å². The molecular formula is C18H18FN3O3S2. The van der Waals surface area contributed by atoms with Gasteiger partial charge in [0.05, 0.1) is 17.7 Å². The first kappa shape index (κ1) is 18.3. The first-order valence-corrected chi connectivity index (χ1v) is 10.8. The summed E-state index contributed by atoms with van der Waals surface area (Å²) < 4.78 is 45.2. The predicted molar refractivity (Wildman–Crippen MR) is 100 cm³/mol. The van der Waals surface area contributed by atoms with E-state index in [0.717, 1.165) is 16.5 Å². The molecule has 0 aliphatic carbocycles. The van der Waals surface area contributed by atoms with Crippen LogP contribution in [0.1, 0.15) is 5.01 Å². The number of halogens is 1. The number of hydrogen-bond donors (Lipinski definition) is 0. The first-order valence-electron chi connectivity index (χ1n) is 8.49. The predicted octanol–water partition coefficient (Wildman–Crippen LogP) is 3.05. The average Bonchev–Trinajstić information content (AvgIpc) is 3.34. The van der Waals surface area contributed by atoms with E-state index in [0.29, 0.717) is 32.7 Å². The summed E-state index contributed by atoms with van der Waals surface area (Å²) in [6, 6.07) is 8.66. The van der Waals surface area contributed by atoms with Crippen LogP contribution in [0.5, 0.6) is 0 Å². The van der Waals surface area contributed by atoms with Crippen molar-refractivity contribution in [3.63, 3.8) is 0 Å². The smallest absolute Gasteiger partial charge is 0.243 e. The molecule has 1 aliphatic heterocycles. The molecule has 4 rings (SSSR count). The van der Waals surface area contributed by atoms with Gasteiger partial charge in [0, 0.05) is 31.6 Å². The molecule has 142 valence electrons. The molecule has 0 atom stereocenters. The zero-order valence-corrected chi connectivity index (χ0v) is 16.0. The van der Waals surface area contributed by atoms with Crippen LogP contribution in [0.4, 0.5) is 4.39 Å². The van der Waals surface area contributed by atoms with Gasteiger partial charge in [-0.1, -0.05) is 0 Å². The van der Waals surface area contributed by atoms with E-state index >= 15 is 0 Å². The van der Waals surface area contributed by atoms with Crippen LogP contribution in [-0.4, -0.2) is 48.8 Å². The van der Waals surface area contributed by atoms with Crippen molar-refractivity contribution in [3.05, 3.63) is 58.9 Å². The summed E-state index contributed by atoms with van der Waals surface area (Å²) in [5.74, 6) is 0.295. The van der Waals surface area contributed by atoms with Crippen LogP contribution in [-0.2, 0) is 16.6 Å². The molecule has 1 aromatic carbocycles. The Morgan fingerprint density at radius 3 is 2.52 bits per heavy atom. The van der Waals surface area contributed by atoms with Crippen LogP contribution in [0.3, 0.4) is 0 Å². The fourth-order valence-corrected chi connectivity index (χ4v) is 5.24. The van der Waals surface area contributed by atoms with Crippen LogP contribution in [0.25, 0.3) is 11.5 Å². The molecule has 1 fully saturated rings. The summed E-state index contributed by atoms with van der Waals surface area (Å²) in [6.07, 6.45) is 1.62. The maximum absolute atomic E-state index is 13.0. The van der Waals surface area contributed by atoms with Gasteiger partial charge in [0.15, 0.2) is 5.76 Å². The molecule has 3 aromatic rings. The molecule has 0 spiro atoms. The molecule has 0 amide bonds. The van der Waals surface area contributed by atoms with Crippen molar-refractivity contribution in [3.8, 4) is 11.5 Å². The van der Waals surface area contributed by atoms with Gasteiger partial charge in [-0.2, -0.15) is 4.31 Å². The lowest BCUT2D eigenvalue weighted by Crippen LogP contribution is -2.48. The molecule has 1 aliphatic rings. The molecule has 3 heterocycles. The maximum atomic E-state index is 13.0. The number of benzene rings is 1. The van der Waals surface area contributed by atoms with Crippen LogP contribution in [0, 0.1) is 5.82 Å². The van der Waals surface area contributed by atoms with Crippen molar-refractivity contribution in [2.24, 2.45) is 0 Å². The minimum Gasteiger partial charge on any atom is -0.463 e. The van der Waals surface area contributed by atoms with E-state index in [4.69, 9.17) is 4.42 Å². The number of furan rings is 1. The van der Waals surface area contributed by atoms with Crippen molar-refractivity contribution in [1.82, 2.24) is 14.2 Å². The standard InChI is InChI=1S/C18H18FN3O3S2/c19-14-3-5-15(6-4-14)27(23,24)22-9-7-21(8-10-22)12-18-20-16(13-26-18)17-2-1-11-25-17/h1-6,11,13H,7-10,12H2. The van der Waals surface area contributed by atoms with E-state index in [1.54, 1.807) is 17.6 Å². The highest BCUT2D eigenvalue weighted by atomic mass is 32.2. The Hall–Kier alpha value is -2.07. The molecular weight excluding hydrogens is 389 g/mol. The highest BCUT2D eigenvalue weighted by molar-refractivity contribution is 7.89. The number of sulfonamides is 1. The van der Waals surface area contributed by atoms with E-state index in [2.05, 4.69) is 9.88 Å². The third kappa shape index (κ3) is 3.96. The highest BCUT2D eigenvalue weighted by Gasteiger charge is 2.28. The Labute approximate surface area is 160 Å². The van der Waals surface area contributed by atoms with Gasteiger partial charge in [-0.05, 0) is 36.4 Å². The number of aromatic nitrogens is 1. The van der Waals surface area contributed by atoms with Gasteiger partial charge in [0.1, 0.15) is 16.5 Å². The average molecular weight is 407 g/mol. The number of piperazine rings is 1. The van der Waals surface area contributed by atoms with E-state index in [9.17, 15) is 12.8 Å². The maximum Gasteiger partial charge on any atom is 0.243 e. The monoisotopic (exact) mass is 407 g/mol. The zero-order valence-electron chi connectivity index (χ0n) is 14.4. The van der Waals surface area contributed by atoms with Crippen molar-refractivity contribution in [1.29, 1.82) is 0 Å². The molecule has 0 radical (unpaired) electrons. The Kier molecular flexibility index (Phi) is 5.09. The van der Waals surface area contributed by atoms with E-state index < -0.39 is 15.8 Å². The third-order valence-corrected chi connectivity index (χ3v) is 7.21. The topological polar surface area (TPSA) is 66.7 Å². The molecule has 0 saturated carbocycles. The number of thiazole rings is 1. The van der Waals surface area contributed by atoms with Gasteiger partial charge >= 0.3 is 0 Å². The Balaban J connectivity index is 1.37. The molecule has 1 saturated heterocycles. The quantitative estimate of drug-likeness (QED) is 0.650. The summed E-state index contributed by atoms with van der Waals surface area (Å²) >= 11 is 1.57. The van der Waals surface area contributed by atoms with Gasteiger partial charge in [-0.15, -0.1) is 11.3 Å². The van der Waals surface area contributed by atoms with E-state index in [1.165, 1.54) is 28.6 Å². The summed E-state index contributed by atoms with van der Waals surface area (Å²) in [7, 11) is -3.59. The number of rotatable bonds is 5. The fraction of sp³-hybridized carbons (Fsp3) is 0.278. The highest BCUT2D eigenvalue weighted by Crippen LogP contribution is 2.24. The SMILES string of the molecule is O=S(=O)(c1ccc(F)cc1)N1CCN(Cc2nc(-c3ccco3)cs2)CC1. The lowest BCUT2D eigenvalue weighted by atomic mass is 10.3. The lowest BCUT2D eigenvalue weighted by Gasteiger charge is -2.33. The van der Waals surface area contributed by atoms with Gasteiger partial charge in [-0.3, -0.25) is 4.90 Å². The molecule has 0 N–H and O–H groups in total. The summed E-state index contributed by atoms with van der Waals surface area (Å²) in [6.45, 7) is 2.72. The summed E-state index contributed by atoms with van der Waals surface area (Å²) in [4.78, 5) is 6.89. The normalized spacial score (nSPS) is 16.6. The number of nitrogens with zero attached hydrogens (tertiary/aromatic N) is 3. The van der Waals surface area contributed by atoms with Crippen molar-refractivity contribution in [2.45, 2.75) is 11.4 Å². The summed E-state index contributed by atoms with van der Waals surface area (Å²) in [5, 5.41) is 2.93. The molecule has 2 aromatic heterocycles. The Morgan fingerprint density at radius 1 is 1.11 bits per heavy atom. The molecule has 6 nitrogen and oxygen atoms in total. The van der Waals surface area contributed by atoms with Crippen molar-refractivity contribution >= 4 is 21.4 Å². The van der Waals surface area contributed by atoms with Gasteiger partial charge in [-0.25, -0.2) is 17.8 Å². The molecule has 27 heavy (non-hydrogen) atoms. The van der Waals surface area contributed by atoms with E-state index in [-0.39, 0.29) is 4.90 Å².